The van der Waals surface area contributed by atoms with E-state index in [1.54, 1.807) is 0 Å². The topological polar surface area (TPSA) is 24.1 Å². The number of hydrogen-bond acceptors (Lipinski definition) is 3. The highest BCUT2D eigenvalue weighted by Crippen LogP contribution is 2.20. The van der Waals surface area contributed by atoms with Crippen LogP contribution in [0.25, 0.3) is 0 Å². The Balaban J connectivity index is 1.95. The Bertz CT molecular complexity index is 106. The van der Waals surface area contributed by atoms with Crippen LogP contribution in [0.1, 0.15) is 6.42 Å². The van der Waals surface area contributed by atoms with Crippen LogP contribution in [-0.4, -0.2) is 36.7 Å². The van der Waals surface area contributed by atoms with Crippen molar-refractivity contribution in [1.82, 2.24) is 10.6 Å². The molecule has 0 aliphatic carbocycles. The molecule has 0 aromatic heterocycles. The van der Waals surface area contributed by atoms with Crippen molar-refractivity contribution in [1.29, 1.82) is 0 Å². The fourth-order valence-electron chi connectivity index (χ4n) is 1.63. The van der Waals surface area contributed by atoms with Gasteiger partial charge in [0.05, 0.1) is 0 Å². The van der Waals surface area contributed by atoms with Crippen LogP contribution >= 0.6 is 11.8 Å². The lowest BCUT2D eigenvalue weighted by Gasteiger charge is -2.13. The minimum atomic E-state index is 0.757. The van der Waals surface area contributed by atoms with E-state index in [1.165, 1.54) is 31.8 Å². The molecule has 2 rings (SSSR count). The first-order chi connectivity index (χ1) is 4.97. The van der Waals surface area contributed by atoms with Crippen molar-refractivity contribution in [2.75, 3.05) is 25.4 Å². The highest BCUT2D eigenvalue weighted by Gasteiger charge is 2.27. The summed E-state index contributed by atoms with van der Waals surface area (Å²) in [4.78, 5) is 0. The molecule has 2 heterocycles. The van der Waals surface area contributed by atoms with Crippen molar-refractivity contribution in [3.8, 4) is 0 Å². The van der Waals surface area contributed by atoms with E-state index in [-0.39, 0.29) is 0 Å². The minimum absolute atomic E-state index is 0.757. The number of fused-ring (bicyclic) bond motifs is 1. The molecular weight excluding hydrogens is 144 g/mol. The van der Waals surface area contributed by atoms with Gasteiger partial charge in [-0.3, -0.25) is 0 Å². The third kappa shape index (κ3) is 1.31. The van der Waals surface area contributed by atoms with Crippen LogP contribution in [0.15, 0.2) is 0 Å². The molecule has 2 aliphatic rings. The first kappa shape index (κ1) is 6.95. The zero-order chi connectivity index (χ0) is 6.81. The van der Waals surface area contributed by atoms with Gasteiger partial charge < -0.3 is 10.6 Å². The molecule has 3 heteroatoms. The molecule has 10 heavy (non-hydrogen) atoms. The van der Waals surface area contributed by atoms with Crippen molar-refractivity contribution in [2.45, 2.75) is 17.7 Å². The van der Waals surface area contributed by atoms with Gasteiger partial charge in [0.1, 0.15) is 0 Å². The zero-order valence-corrected chi connectivity index (χ0v) is 6.91. The second kappa shape index (κ2) is 3.11. The van der Waals surface area contributed by atoms with Crippen LogP contribution in [0, 0.1) is 0 Å². The molecule has 58 valence electrons. The largest absolute Gasteiger partial charge is 0.314 e. The van der Waals surface area contributed by atoms with Crippen molar-refractivity contribution in [3.63, 3.8) is 0 Å². The van der Waals surface area contributed by atoms with Crippen molar-refractivity contribution in [2.24, 2.45) is 0 Å². The highest BCUT2D eigenvalue weighted by atomic mass is 32.2. The fraction of sp³-hybridized carbons (Fsp3) is 1.00. The number of hydrogen-bond donors (Lipinski definition) is 2. The van der Waals surface area contributed by atoms with Gasteiger partial charge in [0.15, 0.2) is 0 Å². The molecule has 0 spiro atoms. The second-order valence-corrected chi connectivity index (χ2v) is 4.33. The van der Waals surface area contributed by atoms with Gasteiger partial charge in [-0.2, -0.15) is 11.8 Å². The van der Waals surface area contributed by atoms with Crippen molar-refractivity contribution < 1.29 is 0 Å². The van der Waals surface area contributed by atoms with Crippen LogP contribution in [0.4, 0.5) is 0 Å². The van der Waals surface area contributed by atoms with Gasteiger partial charge in [0.2, 0.25) is 0 Å². The maximum absolute atomic E-state index is 3.56. The minimum Gasteiger partial charge on any atom is -0.314 e. The van der Waals surface area contributed by atoms with Gasteiger partial charge >= 0.3 is 0 Å². The number of nitrogens with one attached hydrogen (secondary N) is 2. The summed E-state index contributed by atoms with van der Waals surface area (Å²) in [7, 11) is 0. The van der Waals surface area contributed by atoms with Crippen LogP contribution in [0.3, 0.4) is 0 Å². The van der Waals surface area contributed by atoms with Gasteiger partial charge in [0, 0.05) is 24.4 Å². The second-order valence-electron chi connectivity index (χ2n) is 2.98. The molecule has 2 unspecified atom stereocenters. The van der Waals surface area contributed by atoms with Crippen molar-refractivity contribution >= 4 is 11.8 Å². The van der Waals surface area contributed by atoms with E-state index >= 15 is 0 Å². The lowest BCUT2D eigenvalue weighted by molar-refractivity contribution is 0.563. The molecule has 2 N–H and O–H groups in total. The van der Waals surface area contributed by atoms with Crippen LogP contribution in [0.5, 0.6) is 0 Å². The lowest BCUT2D eigenvalue weighted by atomic mass is 10.2. The molecule has 0 aromatic rings. The first-order valence-corrected chi connectivity index (χ1v) is 5.07. The van der Waals surface area contributed by atoms with E-state index in [9.17, 15) is 0 Å². The standard InChI is InChI=1S/C7H14N2S/c1-2-9-6-4-8-5-7(6)10-3-1/h6-9H,1-5H2. The third-order valence-corrected chi connectivity index (χ3v) is 3.67. The summed E-state index contributed by atoms with van der Waals surface area (Å²) < 4.78 is 0. The Morgan fingerprint density at radius 2 is 2.30 bits per heavy atom. The average Bonchev–Trinajstić information content (AvgIpc) is 2.28. The first-order valence-electron chi connectivity index (χ1n) is 4.02. The van der Waals surface area contributed by atoms with Crippen LogP contribution in [0.2, 0.25) is 0 Å². The average molecular weight is 158 g/mol. The summed E-state index contributed by atoms with van der Waals surface area (Å²) >= 11 is 2.13. The molecule has 0 amide bonds. The van der Waals surface area contributed by atoms with Crippen LogP contribution < -0.4 is 10.6 Å². The molecule has 0 aromatic carbocycles. The third-order valence-electron chi connectivity index (χ3n) is 2.22. The predicted octanol–water partition coefficient (Wildman–Crippen LogP) is 0.0533. The summed E-state index contributed by atoms with van der Waals surface area (Å²) in [5.41, 5.74) is 0. The SMILES string of the molecule is C1CNC2CNCC2SC1. The maximum Gasteiger partial charge on any atom is 0.0338 e. The Kier molecular flexibility index (Phi) is 2.16. The molecule has 2 aliphatic heterocycles. The molecule has 2 fully saturated rings. The van der Waals surface area contributed by atoms with Gasteiger partial charge in [0.25, 0.3) is 0 Å². The Hall–Kier alpha value is 0.270. The fourth-order valence-corrected chi connectivity index (χ4v) is 2.90. The maximum atomic E-state index is 3.56. The molecular formula is C7H14N2S. The van der Waals surface area contributed by atoms with Gasteiger partial charge in [-0.1, -0.05) is 0 Å². The van der Waals surface area contributed by atoms with Crippen molar-refractivity contribution in [3.05, 3.63) is 0 Å². The normalized spacial score (nSPS) is 40.8. The Morgan fingerprint density at radius 3 is 3.30 bits per heavy atom. The molecule has 2 atom stereocenters. The molecule has 0 saturated carbocycles. The number of rotatable bonds is 0. The van der Waals surface area contributed by atoms with E-state index in [2.05, 4.69) is 22.4 Å². The molecule has 0 radical (unpaired) electrons. The predicted molar refractivity (Wildman–Crippen MR) is 45.5 cm³/mol. The van der Waals surface area contributed by atoms with Gasteiger partial charge in [-0.15, -0.1) is 0 Å². The summed E-state index contributed by atoms with van der Waals surface area (Å²) in [6.45, 7) is 3.61. The van der Waals surface area contributed by atoms with E-state index in [4.69, 9.17) is 0 Å². The smallest absolute Gasteiger partial charge is 0.0338 e. The summed E-state index contributed by atoms with van der Waals surface area (Å²) in [6.07, 6.45) is 1.34. The molecule has 2 nitrogen and oxygen atoms in total. The van der Waals surface area contributed by atoms with E-state index in [0.717, 1.165) is 11.3 Å². The zero-order valence-electron chi connectivity index (χ0n) is 6.10. The Labute approximate surface area is 66.1 Å². The van der Waals surface area contributed by atoms with Crippen LogP contribution in [-0.2, 0) is 0 Å². The lowest BCUT2D eigenvalue weighted by Crippen LogP contribution is -2.36. The van der Waals surface area contributed by atoms with Gasteiger partial charge in [-0.25, -0.2) is 0 Å². The van der Waals surface area contributed by atoms with E-state index in [0.29, 0.717) is 0 Å². The highest BCUT2D eigenvalue weighted by molar-refractivity contribution is 8.00. The van der Waals surface area contributed by atoms with E-state index in [1.807, 2.05) is 0 Å². The number of thioether (sulfide) groups is 1. The van der Waals surface area contributed by atoms with Gasteiger partial charge in [-0.05, 0) is 18.7 Å². The molecule has 2 saturated heterocycles. The monoisotopic (exact) mass is 158 g/mol. The van der Waals surface area contributed by atoms with E-state index < -0.39 is 0 Å². The summed E-state index contributed by atoms with van der Waals surface area (Å²) in [5, 5.41) is 7.82. The molecule has 0 bridgehead atoms. The Morgan fingerprint density at radius 1 is 1.30 bits per heavy atom. The summed E-state index contributed by atoms with van der Waals surface area (Å²) in [5.74, 6) is 1.34. The quantitative estimate of drug-likeness (QED) is 0.521. The summed E-state index contributed by atoms with van der Waals surface area (Å²) in [6, 6.07) is 0.757.